The zero-order chi connectivity index (χ0) is 10.5. The van der Waals surface area contributed by atoms with Crippen molar-refractivity contribution >= 4 is 17.7 Å². The van der Waals surface area contributed by atoms with E-state index in [-0.39, 0.29) is 5.91 Å². The second-order valence-electron chi connectivity index (χ2n) is 3.31. The lowest BCUT2D eigenvalue weighted by Gasteiger charge is -2.27. The number of piperazine rings is 1. The SMILES string of the molecule is O=C(CSc1ncc[nH]1)N1CCNCC1. The van der Waals surface area contributed by atoms with E-state index in [2.05, 4.69) is 15.3 Å². The minimum atomic E-state index is 0.193. The van der Waals surface area contributed by atoms with Gasteiger partial charge in [0.25, 0.3) is 0 Å². The molecule has 0 bridgehead atoms. The number of hydrogen-bond acceptors (Lipinski definition) is 4. The summed E-state index contributed by atoms with van der Waals surface area (Å²) in [6, 6.07) is 0. The highest BCUT2D eigenvalue weighted by Gasteiger charge is 2.16. The molecule has 2 N–H and O–H groups in total. The molecule has 0 aromatic carbocycles. The molecule has 1 fully saturated rings. The highest BCUT2D eigenvalue weighted by atomic mass is 32.2. The molecule has 1 saturated heterocycles. The van der Waals surface area contributed by atoms with Gasteiger partial charge in [-0.25, -0.2) is 4.98 Å². The number of nitrogens with one attached hydrogen (secondary N) is 2. The quantitative estimate of drug-likeness (QED) is 0.709. The Morgan fingerprint density at radius 1 is 1.53 bits per heavy atom. The Balaban J connectivity index is 1.76. The van der Waals surface area contributed by atoms with Crippen molar-refractivity contribution < 1.29 is 4.79 Å². The van der Waals surface area contributed by atoms with Crippen LogP contribution in [-0.4, -0.2) is 52.7 Å². The number of nitrogens with zero attached hydrogens (tertiary/aromatic N) is 2. The first-order chi connectivity index (χ1) is 7.36. The number of rotatable bonds is 3. The first kappa shape index (κ1) is 10.5. The van der Waals surface area contributed by atoms with Crippen molar-refractivity contribution in [2.24, 2.45) is 0 Å². The number of hydrogen-bond donors (Lipinski definition) is 2. The smallest absolute Gasteiger partial charge is 0.233 e. The first-order valence-corrected chi connectivity index (χ1v) is 5.95. The Bertz CT molecular complexity index is 308. The van der Waals surface area contributed by atoms with Crippen LogP contribution in [0, 0.1) is 0 Å². The molecule has 0 atom stereocenters. The maximum absolute atomic E-state index is 11.7. The molecule has 2 heterocycles. The summed E-state index contributed by atoms with van der Waals surface area (Å²) < 4.78 is 0. The largest absolute Gasteiger partial charge is 0.340 e. The van der Waals surface area contributed by atoms with Crippen LogP contribution in [0.5, 0.6) is 0 Å². The molecule has 1 aromatic rings. The van der Waals surface area contributed by atoms with Gasteiger partial charge in [-0.05, 0) is 0 Å². The fourth-order valence-corrected chi connectivity index (χ4v) is 2.19. The monoisotopic (exact) mass is 226 g/mol. The van der Waals surface area contributed by atoms with Crippen LogP contribution in [0.1, 0.15) is 0 Å². The van der Waals surface area contributed by atoms with Crippen molar-refractivity contribution in [1.82, 2.24) is 20.2 Å². The summed E-state index contributed by atoms with van der Waals surface area (Å²) in [4.78, 5) is 20.6. The van der Waals surface area contributed by atoms with Crippen LogP contribution >= 0.6 is 11.8 Å². The number of H-pyrrole nitrogens is 1. The highest BCUT2D eigenvalue weighted by molar-refractivity contribution is 7.99. The number of aromatic nitrogens is 2. The molecule has 82 valence electrons. The molecule has 2 rings (SSSR count). The number of amides is 1. The van der Waals surface area contributed by atoms with E-state index in [1.807, 2.05) is 4.90 Å². The third-order valence-electron chi connectivity index (χ3n) is 2.28. The maximum atomic E-state index is 11.7. The van der Waals surface area contributed by atoms with Gasteiger partial charge in [-0.15, -0.1) is 0 Å². The molecule has 15 heavy (non-hydrogen) atoms. The number of carbonyl (C=O) groups is 1. The number of thioether (sulfide) groups is 1. The van der Waals surface area contributed by atoms with Crippen LogP contribution < -0.4 is 5.32 Å². The Kier molecular flexibility index (Phi) is 3.63. The fourth-order valence-electron chi connectivity index (χ4n) is 1.47. The van der Waals surface area contributed by atoms with Crippen molar-refractivity contribution in [2.75, 3.05) is 31.9 Å². The molecule has 1 amide bonds. The van der Waals surface area contributed by atoms with Crippen LogP contribution in [0.25, 0.3) is 0 Å². The molecule has 1 aliphatic heterocycles. The van der Waals surface area contributed by atoms with Gasteiger partial charge < -0.3 is 15.2 Å². The zero-order valence-electron chi connectivity index (χ0n) is 8.40. The first-order valence-electron chi connectivity index (χ1n) is 4.97. The summed E-state index contributed by atoms with van der Waals surface area (Å²) in [6.07, 6.45) is 3.45. The topological polar surface area (TPSA) is 61.0 Å². The molecular weight excluding hydrogens is 212 g/mol. The Hall–Kier alpha value is -1.01. The third-order valence-corrected chi connectivity index (χ3v) is 3.16. The molecule has 6 heteroatoms. The van der Waals surface area contributed by atoms with Crippen LogP contribution in [0.4, 0.5) is 0 Å². The fraction of sp³-hybridized carbons (Fsp3) is 0.556. The van der Waals surface area contributed by atoms with Gasteiger partial charge in [0, 0.05) is 38.6 Å². The van der Waals surface area contributed by atoms with Gasteiger partial charge in [-0.2, -0.15) is 0 Å². The summed E-state index contributed by atoms with van der Waals surface area (Å²) >= 11 is 1.45. The molecule has 1 aliphatic rings. The second kappa shape index (κ2) is 5.18. The molecule has 0 spiro atoms. The van der Waals surface area contributed by atoms with Crippen LogP contribution in [0.3, 0.4) is 0 Å². The number of aromatic amines is 1. The summed E-state index contributed by atoms with van der Waals surface area (Å²) in [5, 5.41) is 4.02. The molecule has 0 radical (unpaired) electrons. The summed E-state index contributed by atoms with van der Waals surface area (Å²) in [7, 11) is 0. The van der Waals surface area contributed by atoms with Crippen molar-refractivity contribution in [3.05, 3.63) is 12.4 Å². The minimum Gasteiger partial charge on any atom is -0.340 e. The van der Waals surface area contributed by atoms with Crippen LogP contribution in [0.15, 0.2) is 17.6 Å². The number of carbonyl (C=O) groups excluding carboxylic acids is 1. The second-order valence-corrected chi connectivity index (χ2v) is 4.28. The van der Waals surface area contributed by atoms with Crippen LogP contribution in [-0.2, 0) is 4.79 Å². The Morgan fingerprint density at radius 2 is 2.33 bits per heavy atom. The normalized spacial score (nSPS) is 16.7. The third kappa shape index (κ3) is 2.97. The lowest BCUT2D eigenvalue weighted by Crippen LogP contribution is -2.47. The van der Waals surface area contributed by atoms with E-state index in [1.54, 1.807) is 12.4 Å². The lowest BCUT2D eigenvalue weighted by molar-refractivity contribution is -0.128. The van der Waals surface area contributed by atoms with E-state index in [0.29, 0.717) is 5.75 Å². The average Bonchev–Trinajstić information content (AvgIpc) is 2.80. The van der Waals surface area contributed by atoms with Gasteiger partial charge in [0.15, 0.2) is 5.16 Å². The molecular formula is C9H14N4OS. The van der Waals surface area contributed by atoms with Gasteiger partial charge in [0.2, 0.25) is 5.91 Å². The maximum Gasteiger partial charge on any atom is 0.233 e. The zero-order valence-corrected chi connectivity index (χ0v) is 9.22. The van der Waals surface area contributed by atoms with Crippen molar-refractivity contribution in [1.29, 1.82) is 0 Å². The predicted molar refractivity (Wildman–Crippen MR) is 58.8 cm³/mol. The Labute approximate surface area is 92.6 Å². The lowest BCUT2D eigenvalue weighted by atomic mass is 10.3. The van der Waals surface area contributed by atoms with Crippen molar-refractivity contribution in [3.63, 3.8) is 0 Å². The van der Waals surface area contributed by atoms with Gasteiger partial charge in [-0.1, -0.05) is 11.8 Å². The predicted octanol–water partition coefficient (Wildman–Crippen LogP) is -0.0664. The van der Waals surface area contributed by atoms with Crippen LogP contribution in [0.2, 0.25) is 0 Å². The molecule has 1 aromatic heterocycles. The molecule has 0 unspecified atom stereocenters. The van der Waals surface area contributed by atoms with Crippen molar-refractivity contribution in [3.8, 4) is 0 Å². The number of imidazole rings is 1. The van der Waals surface area contributed by atoms with E-state index in [9.17, 15) is 4.79 Å². The highest BCUT2D eigenvalue weighted by Crippen LogP contribution is 2.12. The van der Waals surface area contributed by atoms with E-state index in [4.69, 9.17) is 0 Å². The van der Waals surface area contributed by atoms with Gasteiger partial charge >= 0.3 is 0 Å². The van der Waals surface area contributed by atoms with E-state index in [1.165, 1.54) is 11.8 Å². The molecule has 5 nitrogen and oxygen atoms in total. The molecule has 0 aliphatic carbocycles. The van der Waals surface area contributed by atoms with Gasteiger partial charge in [0.1, 0.15) is 0 Å². The summed E-state index contributed by atoms with van der Waals surface area (Å²) in [5.74, 6) is 0.658. The molecule has 0 saturated carbocycles. The van der Waals surface area contributed by atoms with E-state index < -0.39 is 0 Å². The van der Waals surface area contributed by atoms with Crippen molar-refractivity contribution in [2.45, 2.75) is 5.16 Å². The average molecular weight is 226 g/mol. The van der Waals surface area contributed by atoms with Gasteiger partial charge in [0.05, 0.1) is 5.75 Å². The summed E-state index contributed by atoms with van der Waals surface area (Å²) in [5.41, 5.74) is 0. The van der Waals surface area contributed by atoms with E-state index >= 15 is 0 Å². The van der Waals surface area contributed by atoms with Gasteiger partial charge in [-0.3, -0.25) is 4.79 Å². The standard InChI is InChI=1S/C9H14N4OS/c14-8(13-5-3-10-4-6-13)7-15-9-11-1-2-12-9/h1-2,10H,3-7H2,(H,11,12). The van der Waals surface area contributed by atoms with E-state index in [0.717, 1.165) is 31.3 Å². The summed E-state index contributed by atoms with van der Waals surface area (Å²) in [6.45, 7) is 3.43. The minimum absolute atomic E-state index is 0.193. The Morgan fingerprint density at radius 3 is 3.00 bits per heavy atom.